The summed E-state index contributed by atoms with van der Waals surface area (Å²) >= 11 is 0. The van der Waals surface area contributed by atoms with Gasteiger partial charge >= 0.3 is 0 Å². The lowest BCUT2D eigenvalue weighted by molar-refractivity contribution is -0.114. The lowest BCUT2D eigenvalue weighted by Crippen LogP contribution is -2.30. The van der Waals surface area contributed by atoms with Gasteiger partial charge in [-0.1, -0.05) is 36.4 Å². The van der Waals surface area contributed by atoms with Gasteiger partial charge in [0.25, 0.3) is 5.91 Å². The van der Waals surface area contributed by atoms with E-state index in [1.165, 1.54) is 16.9 Å². The van der Waals surface area contributed by atoms with Gasteiger partial charge in [-0.3, -0.25) is 4.79 Å². The van der Waals surface area contributed by atoms with Crippen LogP contribution in [0.4, 0.5) is 5.69 Å². The number of H-pyrrole nitrogens is 1. The van der Waals surface area contributed by atoms with Crippen LogP contribution in [0.3, 0.4) is 0 Å². The first-order chi connectivity index (χ1) is 11.8. The van der Waals surface area contributed by atoms with Gasteiger partial charge in [-0.15, -0.1) is 0 Å². The Labute approximate surface area is 138 Å². The van der Waals surface area contributed by atoms with Gasteiger partial charge < -0.3 is 15.2 Å². The molecular formula is C20H15N3O. The number of benzene rings is 2. The molecular weight excluding hydrogens is 298 g/mol. The SMILES string of the molecule is O=C1NCC2=C1c1c([nH]c3ccccc13)C1Cc3ccccc3N21. The fourth-order valence-corrected chi connectivity index (χ4v) is 4.57. The summed E-state index contributed by atoms with van der Waals surface area (Å²) in [6.45, 7) is 0.609. The molecule has 1 aromatic heterocycles. The molecule has 0 spiro atoms. The van der Waals surface area contributed by atoms with Gasteiger partial charge in [-0.25, -0.2) is 0 Å². The number of para-hydroxylation sites is 2. The van der Waals surface area contributed by atoms with Gasteiger partial charge in [0, 0.05) is 34.3 Å². The minimum atomic E-state index is 0.0406. The Morgan fingerprint density at radius 3 is 2.83 bits per heavy atom. The van der Waals surface area contributed by atoms with Crippen LogP contribution in [0.15, 0.2) is 54.2 Å². The van der Waals surface area contributed by atoms with Crippen LogP contribution in [-0.4, -0.2) is 17.4 Å². The Bertz CT molecular complexity index is 1080. The molecule has 0 saturated carbocycles. The molecule has 3 aliphatic heterocycles. The van der Waals surface area contributed by atoms with E-state index in [4.69, 9.17) is 0 Å². The smallest absolute Gasteiger partial charge is 0.254 e. The Balaban J connectivity index is 1.72. The number of nitrogens with zero attached hydrogens (tertiary/aromatic N) is 1. The number of amides is 1. The molecule has 2 aromatic carbocycles. The highest BCUT2D eigenvalue weighted by Crippen LogP contribution is 2.51. The normalized spacial score (nSPS) is 20.8. The second-order valence-corrected chi connectivity index (χ2v) is 6.68. The van der Waals surface area contributed by atoms with Crippen LogP contribution in [0.25, 0.3) is 16.5 Å². The van der Waals surface area contributed by atoms with Gasteiger partial charge in [-0.05, 0) is 17.7 Å². The minimum Gasteiger partial charge on any atom is -0.356 e. The topological polar surface area (TPSA) is 48.1 Å². The first-order valence-electron chi connectivity index (χ1n) is 8.32. The number of rotatable bonds is 0. The molecule has 1 amide bonds. The molecule has 0 saturated heterocycles. The van der Waals surface area contributed by atoms with Gasteiger partial charge in [0.05, 0.1) is 23.9 Å². The summed E-state index contributed by atoms with van der Waals surface area (Å²) in [5.41, 5.74) is 7.92. The number of aromatic amines is 1. The van der Waals surface area contributed by atoms with Crippen LogP contribution in [-0.2, 0) is 11.2 Å². The molecule has 4 nitrogen and oxygen atoms in total. The lowest BCUT2D eigenvalue weighted by Gasteiger charge is -2.33. The zero-order chi connectivity index (χ0) is 15.8. The number of anilines is 1. The summed E-state index contributed by atoms with van der Waals surface area (Å²) in [6.07, 6.45) is 0.973. The monoisotopic (exact) mass is 313 g/mol. The van der Waals surface area contributed by atoms with Crippen molar-refractivity contribution < 1.29 is 4.79 Å². The van der Waals surface area contributed by atoms with Crippen molar-refractivity contribution in [3.8, 4) is 0 Å². The van der Waals surface area contributed by atoms with Crippen molar-refractivity contribution in [2.24, 2.45) is 0 Å². The number of hydrogen-bond donors (Lipinski definition) is 2. The zero-order valence-corrected chi connectivity index (χ0v) is 13.0. The number of nitrogens with one attached hydrogen (secondary N) is 2. The van der Waals surface area contributed by atoms with E-state index in [0.717, 1.165) is 34.2 Å². The van der Waals surface area contributed by atoms with Crippen LogP contribution in [0.2, 0.25) is 0 Å². The molecule has 0 bridgehead atoms. The molecule has 116 valence electrons. The predicted octanol–water partition coefficient (Wildman–Crippen LogP) is 3.13. The molecule has 0 radical (unpaired) electrons. The van der Waals surface area contributed by atoms with Crippen molar-refractivity contribution in [1.29, 1.82) is 0 Å². The van der Waals surface area contributed by atoms with Crippen molar-refractivity contribution in [3.63, 3.8) is 0 Å². The first-order valence-corrected chi connectivity index (χ1v) is 8.32. The molecule has 4 heterocycles. The molecule has 1 atom stereocenters. The van der Waals surface area contributed by atoms with Crippen molar-refractivity contribution in [2.75, 3.05) is 11.4 Å². The van der Waals surface area contributed by atoms with E-state index in [2.05, 4.69) is 51.6 Å². The van der Waals surface area contributed by atoms with Crippen LogP contribution in [0.5, 0.6) is 0 Å². The van der Waals surface area contributed by atoms with Crippen molar-refractivity contribution in [2.45, 2.75) is 12.5 Å². The van der Waals surface area contributed by atoms with Crippen molar-refractivity contribution in [1.82, 2.24) is 10.3 Å². The molecule has 0 aliphatic carbocycles. The average molecular weight is 313 g/mol. The van der Waals surface area contributed by atoms with E-state index < -0.39 is 0 Å². The highest BCUT2D eigenvalue weighted by atomic mass is 16.2. The van der Waals surface area contributed by atoms with E-state index >= 15 is 0 Å². The second-order valence-electron chi connectivity index (χ2n) is 6.68. The van der Waals surface area contributed by atoms with E-state index in [1.54, 1.807) is 0 Å². The molecule has 1 unspecified atom stereocenters. The summed E-state index contributed by atoms with van der Waals surface area (Å²) in [5, 5.41) is 4.18. The summed E-state index contributed by atoms with van der Waals surface area (Å²) in [7, 11) is 0. The van der Waals surface area contributed by atoms with Gasteiger partial charge in [0.2, 0.25) is 0 Å². The third kappa shape index (κ3) is 1.33. The quantitative estimate of drug-likeness (QED) is 0.670. The van der Waals surface area contributed by atoms with Crippen LogP contribution < -0.4 is 10.2 Å². The summed E-state index contributed by atoms with van der Waals surface area (Å²) < 4.78 is 0. The predicted molar refractivity (Wildman–Crippen MR) is 93.6 cm³/mol. The summed E-state index contributed by atoms with van der Waals surface area (Å²) in [4.78, 5) is 18.6. The van der Waals surface area contributed by atoms with Gasteiger partial charge in [0.1, 0.15) is 0 Å². The standard InChI is InChI=1S/C20H15N3O/c24-20-18-16(10-21-20)23-14-8-4-1-5-11(14)9-15(23)19-17(18)12-6-2-3-7-13(12)22-19/h1-8,15,22H,9-10H2,(H,21,24). The molecule has 3 aromatic rings. The van der Waals surface area contributed by atoms with E-state index in [-0.39, 0.29) is 11.9 Å². The summed E-state index contributed by atoms with van der Waals surface area (Å²) in [6, 6.07) is 17.1. The zero-order valence-electron chi connectivity index (χ0n) is 13.0. The fourth-order valence-electron chi connectivity index (χ4n) is 4.57. The Hall–Kier alpha value is -3.01. The summed E-state index contributed by atoms with van der Waals surface area (Å²) in [5.74, 6) is 0.0406. The van der Waals surface area contributed by atoms with Crippen LogP contribution >= 0.6 is 0 Å². The third-order valence-electron chi connectivity index (χ3n) is 5.52. The molecule has 24 heavy (non-hydrogen) atoms. The lowest BCUT2D eigenvalue weighted by atomic mass is 9.92. The average Bonchev–Trinajstić information content (AvgIpc) is 3.27. The number of carbonyl (C=O) groups is 1. The Morgan fingerprint density at radius 1 is 1.04 bits per heavy atom. The third-order valence-corrected chi connectivity index (χ3v) is 5.52. The number of aromatic nitrogens is 1. The highest BCUT2D eigenvalue weighted by molar-refractivity contribution is 6.27. The van der Waals surface area contributed by atoms with Crippen LogP contribution in [0, 0.1) is 0 Å². The largest absolute Gasteiger partial charge is 0.356 e. The first kappa shape index (κ1) is 12.4. The Morgan fingerprint density at radius 2 is 1.88 bits per heavy atom. The van der Waals surface area contributed by atoms with E-state index in [1.807, 2.05) is 12.1 Å². The molecule has 3 aliphatic rings. The van der Waals surface area contributed by atoms with Gasteiger partial charge in [-0.2, -0.15) is 0 Å². The molecule has 6 rings (SSSR count). The number of hydrogen-bond acceptors (Lipinski definition) is 2. The van der Waals surface area contributed by atoms with Gasteiger partial charge in [0.15, 0.2) is 0 Å². The van der Waals surface area contributed by atoms with E-state index in [9.17, 15) is 4.79 Å². The molecule has 2 N–H and O–H groups in total. The van der Waals surface area contributed by atoms with Crippen molar-refractivity contribution >= 4 is 28.1 Å². The maximum atomic E-state index is 12.6. The maximum absolute atomic E-state index is 12.6. The van der Waals surface area contributed by atoms with Crippen molar-refractivity contribution in [3.05, 3.63) is 71.0 Å². The molecule has 4 heteroatoms. The molecule has 0 fully saturated rings. The Kier molecular flexibility index (Phi) is 2.12. The van der Waals surface area contributed by atoms with E-state index in [0.29, 0.717) is 6.54 Å². The minimum absolute atomic E-state index is 0.0406. The maximum Gasteiger partial charge on any atom is 0.254 e. The fraction of sp³-hybridized carbons (Fsp3) is 0.150. The highest BCUT2D eigenvalue weighted by Gasteiger charge is 2.44. The number of fused-ring (bicyclic) bond motifs is 9. The second kappa shape index (κ2) is 4.09. The van der Waals surface area contributed by atoms with Crippen LogP contribution in [0.1, 0.15) is 22.9 Å². The number of carbonyl (C=O) groups excluding carboxylic acids is 1.